The van der Waals surface area contributed by atoms with E-state index in [0.717, 1.165) is 25.8 Å². The molecule has 0 aromatic carbocycles. The van der Waals surface area contributed by atoms with Crippen molar-refractivity contribution in [1.29, 1.82) is 0 Å². The van der Waals surface area contributed by atoms with Crippen LogP contribution < -0.4 is 10.6 Å². The van der Waals surface area contributed by atoms with Crippen molar-refractivity contribution in [3.8, 4) is 0 Å². The molecule has 0 bridgehead atoms. The maximum Gasteiger partial charge on any atom is 0.322 e. The lowest BCUT2D eigenvalue weighted by Gasteiger charge is -2.47. The summed E-state index contributed by atoms with van der Waals surface area (Å²) in [4.78, 5) is 48.8. The third kappa shape index (κ3) is 4.16. The molecule has 3 fully saturated rings. The summed E-state index contributed by atoms with van der Waals surface area (Å²) in [6.45, 7) is 2.75. The van der Waals surface area contributed by atoms with E-state index in [0.29, 0.717) is 11.8 Å². The van der Waals surface area contributed by atoms with Gasteiger partial charge in [-0.3, -0.25) is 19.7 Å². The molecule has 3 aliphatic rings. The molecule has 8 nitrogen and oxygen atoms in total. The fraction of sp³-hybridized carbons (Fsp3) is 0.778. The number of imide groups is 1. The first-order valence-corrected chi connectivity index (χ1v) is 9.52. The lowest BCUT2D eigenvalue weighted by molar-refractivity contribution is -0.155. The average molecular weight is 365 g/mol. The van der Waals surface area contributed by atoms with Gasteiger partial charge in [0.25, 0.3) is 11.8 Å². The molecular formula is C18H27N3O5. The number of rotatable bonds is 5. The van der Waals surface area contributed by atoms with Gasteiger partial charge >= 0.3 is 12.0 Å². The first kappa shape index (κ1) is 18.7. The van der Waals surface area contributed by atoms with Gasteiger partial charge < -0.3 is 15.0 Å². The van der Waals surface area contributed by atoms with Crippen LogP contribution in [-0.2, 0) is 19.1 Å². The van der Waals surface area contributed by atoms with E-state index in [2.05, 4.69) is 17.6 Å². The Kier molecular flexibility index (Phi) is 5.78. The number of carbonyl (C=O) groups is 4. The molecular weight excluding hydrogens is 338 g/mol. The fourth-order valence-corrected chi connectivity index (χ4v) is 4.44. The zero-order chi connectivity index (χ0) is 18.7. The summed E-state index contributed by atoms with van der Waals surface area (Å²) >= 11 is 0. The summed E-state index contributed by atoms with van der Waals surface area (Å²) < 4.78 is 5.11. The maximum atomic E-state index is 12.5. The zero-order valence-corrected chi connectivity index (χ0v) is 15.2. The Morgan fingerprint density at radius 3 is 2.69 bits per heavy atom. The van der Waals surface area contributed by atoms with Crippen LogP contribution in [0.2, 0.25) is 0 Å². The smallest absolute Gasteiger partial charge is 0.322 e. The molecule has 144 valence electrons. The first-order valence-electron chi connectivity index (χ1n) is 9.52. The van der Waals surface area contributed by atoms with E-state index < -0.39 is 23.9 Å². The van der Waals surface area contributed by atoms with Crippen molar-refractivity contribution in [3.63, 3.8) is 0 Å². The Labute approximate surface area is 153 Å². The number of urea groups is 1. The second-order valence-electron chi connectivity index (χ2n) is 7.58. The molecule has 4 unspecified atom stereocenters. The number of esters is 1. The third-order valence-corrected chi connectivity index (χ3v) is 5.91. The van der Waals surface area contributed by atoms with Crippen LogP contribution in [0.15, 0.2) is 0 Å². The molecule has 2 N–H and O–H groups in total. The highest BCUT2D eigenvalue weighted by atomic mass is 16.5. The molecule has 2 saturated heterocycles. The van der Waals surface area contributed by atoms with E-state index in [9.17, 15) is 19.2 Å². The Bertz CT molecular complexity index is 593. The highest BCUT2D eigenvalue weighted by Gasteiger charge is 2.39. The van der Waals surface area contributed by atoms with Crippen LogP contribution in [0.5, 0.6) is 0 Å². The molecule has 8 heteroatoms. The molecule has 0 aromatic heterocycles. The van der Waals surface area contributed by atoms with E-state index in [-0.39, 0.29) is 31.4 Å². The Balaban J connectivity index is 1.43. The Morgan fingerprint density at radius 2 is 1.96 bits per heavy atom. The molecule has 0 radical (unpaired) electrons. The number of carbonyl (C=O) groups excluding carboxylic acids is 4. The van der Waals surface area contributed by atoms with E-state index in [1.807, 2.05) is 4.90 Å². The number of hydrogen-bond acceptors (Lipinski definition) is 5. The van der Waals surface area contributed by atoms with Crippen molar-refractivity contribution in [3.05, 3.63) is 0 Å². The van der Waals surface area contributed by atoms with Gasteiger partial charge in [-0.25, -0.2) is 4.79 Å². The third-order valence-electron chi connectivity index (χ3n) is 5.91. The summed E-state index contributed by atoms with van der Waals surface area (Å²) in [6.07, 6.45) is 5.72. The van der Waals surface area contributed by atoms with Crippen LogP contribution in [0.3, 0.4) is 0 Å². The fourth-order valence-electron chi connectivity index (χ4n) is 4.44. The van der Waals surface area contributed by atoms with Gasteiger partial charge in [0.05, 0.1) is 0 Å². The Morgan fingerprint density at radius 1 is 1.19 bits per heavy atom. The molecule has 1 aliphatic carbocycles. The molecule has 2 heterocycles. The largest absolute Gasteiger partial charge is 0.456 e. The highest BCUT2D eigenvalue weighted by molar-refractivity contribution is 6.04. The number of hydrogen-bond donors (Lipinski definition) is 2. The average Bonchev–Trinajstić information content (AvgIpc) is 2.95. The molecule has 0 spiro atoms. The van der Waals surface area contributed by atoms with Crippen molar-refractivity contribution in [1.82, 2.24) is 15.5 Å². The number of piperidine rings is 1. The van der Waals surface area contributed by atoms with Crippen molar-refractivity contribution in [2.45, 2.75) is 64.0 Å². The van der Waals surface area contributed by atoms with E-state index in [4.69, 9.17) is 4.74 Å². The van der Waals surface area contributed by atoms with Gasteiger partial charge in [-0.15, -0.1) is 0 Å². The molecule has 3 rings (SSSR count). The normalized spacial score (nSPS) is 31.0. The van der Waals surface area contributed by atoms with Gasteiger partial charge in [-0.1, -0.05) is 19.8 Å². The predicted octanol–water partition coefficient (Wildman–Crippen LogP) is 0.945. The van der Waals surface area contributed by atoms with Crippen LogP contribution in [0.1, 0.15) is 51.9 Å². The molecule has 1 saturated carbocycles. The Hall–Kier alpha value is -2.12. The van der Waals surface area contributed by atoms with E-state index in [1.165, 1.54) is 12.8 Å². The van der Waals surface area contributed by atoms with Crippen LogP contribution in [0, 0.1) is 11.8 Å². The zero-order valence-electron chi connectivity index (χ0n) is 15.2. The first-order chi connectivity index (χ1) is 12.5. The van der Waals surface area contributed by atoms with Crippen molar-refractivity contribution >= 4 is 23.8 Å². The lowest BCUT2D eigenvalue weighted by atomic mass is 9.72. The number of ether oxygens (including phenoxy) is 1. The van der Waals surface area contributed by atoms with Gasteiger partial charge in [0.15, 0.2) is 6.61 Å². The summed E-state index contributed by atoms with van der Waals surface area (Å²) in [7, 11) is 0. The van der Waals surface area contributed by atoms with Crippen LogP contribution in [-0.4, -0.2) is 54.0 Å². The van der Waals surface area contributed by atoms with Crippen molar-refractivity contribution in [2.24, 2.45) is 11.8 Å². The summed E-state index contributed by atoms with van der Waals surface area (Å²) in [5, 5.41) is 4.54. The highest BCUT2D eigenvalue weighted by Crippen LogP contribution is 2.38. The minimum Gasteiger partial charge on any atom is -0.456 e. The summed E-state index contributed by atoms with van der Waals surface area (Å²) in [6, 6.07) is -0.988. The number of likely N-dealkylation sites (tertiary alicyclic amines) is 1. The molecule has 4 atom stereocenters. The second-order valence-corrected chi connectivity index (χ2v) is 7.58. The molecule has 2 aliphatic heterocycles. The second kappa shape index (κ2) is 8.05. The minimum absolute atomic E-state index is 0.0191. The monoisotopic (exact) mass is 365 g/mol. The van der Waals surface area contributed by atoms with Crippen molar-refractivity contribution < 1.29 is 23.9 Å². The maximum absolute atomic E-state index is 12.5. The summed E-state index contributed by atoms with van der Waals surface area (Å²) in [5.41, 5.74) is 0. The van der Waals surface area contributed by atoms with Crippen LogP contribution >= 0.6 is 0 Å². The summed E-state index contributed by atoms with van der Waals surface area (Å²) in [5.74, 6) is 0.0953. The van der Waals surface area contributed by atoms with E-state index in [1.54, 1.807) is 0 Å². The van der Waals surface area contributed by atoms with Gasteiger partial charge in [0.1, 0.15) is 6.04 Å². The van der Waals surface area contributed by atoms with Gasteiger partial charge in [0.2, 0.25) is 0 Å². The van der Waals surface area contributed by atoms with Crippen molar-refractivity contribution in [2.75, 3.05) is 13.2 Å². The predicted molar refractivity (Wildman–Crippen MR) is 91.9 cm³/mol. The standard InChI is InChI=1S/C18H27N3O5/c1-11-8-9-21(14-5-3-2-4-12(11)14)15(22)10-26-16(23)7-6-13-17(24)20-18(25)19-13/h11-14H,2-10H2,1H3,(H2,19,20,24,25). The van der Waals surface area contributed by atoms with E-state index >= 15 is 0 Å². The minimum atomic E-state index is -0.711. The lowest BCUT2D eigenvalue weighted by Crippen LogP contribution is -2.53. The molecule has 0 aromatic rings. The SMILES string of the molecule is CC1CCN(C(=O)COC(=O)CCC2NC(=O)NC2=O)C2CCCCC12. The van der Waals surface area contributed by atoms with Crippen LogP contribution in [0.4, 0.5) is 4.79 Å². The molecule has 26 heavy (non-hydrogen) atoms. The van der Waals surface area contributed by atoms with Gasteiger partial charge in [0, 0.05) is 19.0 Å². The topological polar surface area (TPSA) is 105 Å². The quantitative estimate of drug-likeness (QED) is 0.557. The number of nitrogens with zero attached hydrogens (tertiary/aromatic N) is 1. The van der Waals surface area contributed by atoms with Gasteiger partial charge in [-0.05, 0) is 37.5 Å². The molecule has 4 amide bonds. The number of nitrogens with one attached hydrogen (secondary N) is 2. The van der Waals surface area contributed by atoms with Crippen LogP contribution in [0.25, 0.3) is 0 Å². The van der Waals surface area contributed by atoms with Gasteiger partial charge in [-0.2, -0.15) is 0 Å². The number of fused-ring (bicyclic) bond motifs is 1. The number of amides is 4.